The lowest BCUT2D eigenvalue weighted by molar-refractivity contribution is 0.107. The molecule has 5 heterocycles. The third-order valence-corrected chi connectivity index (χ3v) is 11.8. The van der Waals surface area contributed by atoms with Gasteiger partial charge in [0, 0.05) is 23.9 Å². The van der Waals surface area contributed by atoms with Gasteiger partial charge in [0.15, 0.2) is 11.6 Å². The lowest BCUT2D eigenvalue weighted by Gasteiger charge is -2.34. The zero-order valence-corrected chi connectivity index (χ0v) is 27.3. The first-order chi connectivity index (χ1) is 23.5. The molecule has 0 amide bonds. The van der Waals surface area contributed by atoms with Crippen molar-refractivity contribution in [3.8, 4) is 35.0 Å². The van der Waals surface area contributed by atoms with E-state index in [0.29, 0.717) is 25.8 Å². The normalized spacial score (nSPS) is 24.1. The van der Waals surface area contributed by atoms with E-state index in [1.807, 2.05) is 11.0 Å². The van der Waals surface area contributed by atoms with E-state index in [2.05, 4.69) is 16.0 Å². The summed E-state index contributed by atoms with van der Waals surface area (Å²) in [5.74, 6) is -1.97. The number of nitrogens with zero attached hydrogens (tertiary/aromatic N) is 6. The largest absolute Gasteiger partial charge is 0.489 e. The number of aromatic nitrogens is 2. The lowest BCUT2D eigenvalue weighted by Crippen LogP contribution is -2.47. The Morgan fingerprint density at radius 1 is 1.18 bits per heavy atom. The Hall–Kier alpha value is -4.18. The van der Waals surface area contributed by atoms with Gasteiger partial charge in [0.05, 0.1) is 50.3 Å². The van der Waals surface area contributed by atoms with Crippen molar-refractivity contribution in [1.29, 1.82) is 10.5 Å². The van der Waals surface area contributed by atoms with Gasteiger partial charge < -0.3 is 20.1 Å². The van der Waals surface area contributed by atoms with Crippen molar-refractivity contribution in [2.45, 2.75) is 56.3 Å². The maximum atomic E-state index is 17.2. The predicted octanol–water partition coefficient (Wildman–Crippen LogP) is 6.99. The number of alkyl halides is 3. The summed E-state index contributed by atoms with van der Waals surface area (Å²) in [5.41, 5.74) is 3.69. The first-order valence-electron chi connectivity index (χ1n) is 15.7. The molecule has 3 aliphatic heterocycles. The molecule has 9 nitrogen and oxygen atoms in total. The van der Waals surface area contributed by atoms with Gasteiger partial charge in [0.2, 0.25) is 0 Å². The Balaban J connectivity index is 1.37. The molecule has 0 bridgehead atoms. The minimum absolute atomic E-state index is 0.0114. The highest BCUT2D eigenvalue weighted by molar-refractivity contribution is 7.23. The van der Waals surface area contributed by atoms with Crippen molar-refractivity contribution in [1.82, 2.24) is 14.9 Å². The van der Waals surface area contributed by atoms with Crippen LogP contribution in [-0.4, -0.2) is 71.9 Å². The zero-order chi connectivity index (χ0) is 34.4. The molecule has 0 unspecified atom stereocenters. The fourth-order valence-electron chi connectivity index (χ4n) is 7.91. The second-order valence-corrected chi connectivity index (χ2v) is 14.6. The highest BCUT2D eigenvalue weighted by Gasteiger charge is 2.55. The summed E-state index contributed by atoms with van der Waals surface area (Å²) in [6.07, 6.45) is -1.35. The number of fused-ring (bicyclic) bond motifs is 2. The molecule has 49 heavy (non-hydrogen) atoms. The van der Waals surface area contributed by atoms with E-state index in [4.69, 9.17) is 26.8 Å². The average Bonchev–Trinajstić information content (AvgIpc) is 3.57. The number of nitrogens with two attached hydrogens (primary N) is 1. The standard InChI is InChI=1S/C33H27ClF5N7O2S/c34-24-22(16-2-3-18(36)28-21(16)17(9-40)29(42)49-28)25(39)26-23-27(24)47-12-19(32(13-41)5-6-32)46(11-20(37)38)30(23)44-31(43-26)48-14-33-4-1-7-45(33)10-15(35)8-33/h2-3,15,19-20H,1,4-8,10-12,14,42H2/t15-,19-,33+/m1/s1. The molecule has 2 saturated heterocycles. The van der Waals surface area contributed by atoms with Crippen LogP contribution < -0.4 is 20.1 Å². The topological polar surface area (TPSA) is 124 Å². The summed E-state index contributed by atoms with van der Waals surface area (Å²) < 4.78 is 87.6. The van der Waals surface area contributed by atoms with Gasteiger partial charge in [-0.1, -0.05) is 17.7 Å². The molecular weight excluding hydrogens is 689 g/mol. The fourth-order valence-corrected chi connectivity index (χ4v) is 9.19. The molecule has 4 aliphatic rings. The number of halogens is 6. The van der Waals surface area contributed by atoms with Gasteiger partial charge >= 0.3 is 6.01 Å². The molecule has 4 aromatic rings. The number of rotatable bonds is 7. The Bertz CT molecular complexity index is 2130. The van der Waals surface area contributed by atoms with Gasteiger partial charge in [-0.05, 0) is 43.9 Å². The van der Waals surface area contributed by atoms with Crippen LogP contribution in [0.15, 0.2) is 12.1 Å². The van der Waals surface area contributed by atoms with Crippen molar-refractivity contribution in [3.05, 3.63) is 34.4 Å². The zero-order valence-electron chi connectivity index (χ0n) is 25.7. The molecule has 0 spiro atoms. The van der Waals surface area contributed by atoms with E-state index in [1.54, 1.807) is 0 Å². The van der Waals surface area contributed by atoms with Gasteiger partial charge in [-0.2, -0.15) is 20.5 Å². The van der Waals surface area contributed by atoms with Gasteiger partial charge in [-0.15, -0.1) is 11.3 Å². The van der Waals surface area contributed by atoms with Crippen molar-refractivity contribution in [3.63, 3.8) is 0 Å². The SMILES string of the molecule is N#Cc1c(N)sc2c(F)ccc(-c3c(Cl)c4c5c(nc(OC[C@@]67CCCN6C[C@H](F)C7)nc5c3F)N(CC(F)F)[C@@H](C3(C#N)CC3)CO4)c12. The third-order valence-electron chi connectivity index (χ3n) is 10.4. The van der Waals surface area contributed by atoms with Crippen molar-refractivity contribution in [2.24, 2.45) is 5.41 Å². The molecule has 3 fully saturated rings. The molecule has 2 aromatic carbocycles. The van der Waals surface area contributed by atoms with Crippen LogP contribution in [0.4, 0.5) is 32.8 Å². The van der Waals surface area contributed by atoms with Gasteiger partial charge in [-0.25, -0.2) is 22.0 Å². The highest BCUT2D eigenvalue weighted by Crippen LogP contribution is 2.55. The monoisotopic (exact) mass is 715 g/mol. The van der Waals surface area contributed by atoms with Crippen LogP contribution in [0.25, 0.3) is 32.1 Å². The van der Waals surface area contributed by atoms with E-state index in [1.165, 1.54) is 11.0 Å². The van der Waals surface area contributed by atoms with Crippen LogP contribution in [-0.2, 0) is 0 Å². The van der Waals surface area contributed by atoms with Crippen LogP contribution >= 0.6 is 22.9 Å². The quantitative estimate of drug-likeness (QED) is 0.202. The molecule has 8 rings (SSSR count). The summed E-state index contributed by atoms with van der Waals surface area (Å²) in [7, 11) is 0. The Morgan fingerprint density at radius 3 is 2.69 bits per heavy atom. The van der Waals surface area contributed by atoms with Crippen LogP contribution in [0.1, 0.15) is 37.7 Å². The molecule has 1 aliphatic carbocycles. The van der Waals surface area contributed by atoms with E-state index in [-0.39, 0.29) is 91.5 Å². The maximum absolute atomic E-state index is 17.2. The summed E-state index contributed by atoms with van der Waals surface area (Å²) in [6, 6.07) is 5.33. The average molecular weight is 716 g/mol. The second-order valence-electron chi connectivity index (χ2n) is 13.1. The summed E-state index contributed by atoms with van der Waals surface area (Å²) in [6.45, 7) is -0.203. The summed E-state index contributed by atoms with van der Waals surface area (Å²) >= 11 is 7.77. The molecular formula is C33H27ClF5N7O2S. The number of thiophene rings is 1. The highest BCUT2D eigenvalue weighted by atomic mass is 35.5. The van der Waals surface area contributed by atoms with E-state index in [0.717, 1.165) is 23.8 Å². The van der Waals surface area contributed by atoms with Crippen molar-refractivity contribution < 1.29 is 31.4 Å². The summed E-state index contributed by atoms with van der Waals surface area (Å²) in [5, 5.41) is 19.7. The number of hydrogen-bond donors (Lipinski definition) is 1. The van der Waals surface area contributed by atoms with E-state index in [9.17, 15) is 28.1 Å². The van der Waals surface area contributed by atoms with Crippen LogP contribution in [0, 0.1) is 39.7 Å². The molecule has 254 valence electrons. The van der Waals surface area contributed by atoms with Crippen LogP contribution in [0.2, 0.25) is 5.02 Å². The number of benzene rings is 2. The van der Waals surface area contributed by atoms with Gasteiger partial charge in [0.1, 0.15) is 47.6 Å². The van der Waals surface area contributed by atoms with Crippen LogP contribution in [0.5, 0.6) is 11.8 Å². The minimum Gasteiger partial charge on any atom is -0.489 e. The molecule has 16 heteroatoms. The lowest BCUT2D eigenvalue weighted by atomic mass is 9.95. The summed E-state index contributed by atoms with van der Waals surface area (Å²) in [4.78, 5) is 12.2. The number of nitriles is 2. The number of nitrogen functional groups attached to an aromatic ring is 1. The molecule has 2 aromatic heterocycles. The molecule has 2 N–H and O–H groups in total. The van der Waals surface area contributed by atoms with Crippen molar-refractivity contribution >= 4 is 54.7 Å². The van der Waals surface area contributed by atoms with E-state index >= 15 is 4.39 Å². The number of hydrogen-bond acceptors (Lipinski definition) is 10. The van der Waals surface area contributed by atoms with Crippen LogP contribution in [0.3, 0.4) is 0 Å². The number of anilines is 2. The smallest absolute Gasteiger partial charge is 0.319 e. The molecule has 1 saturated carbocycles. The fraction of sp³-hybridized carbons (Fsp3) is 0.455. The van der Waals surface area contributed by atoms with Gasteiger partial charge in [0.25, 0.3) is 6.43 Å². The minimum atomic E-state index is -2.88. The Morgan fingerprint density at radius 2 is 1.98 bits per heavy atom. The predicted molar refractivity (Wildman–Crippen MR) is 173 cm³/mol. The molecule has 0 radical (unpaired) electrons. The number of ether oxygens (including phenoxy) is 2. The Labute approximate surface area is 285 Å². The Kier molecular flexibility index (Phi) is 7.48. The first kappa shape index (κ1) is 32.0. The third kappa shape index (κ3) is 4.84. The maximum Gasteiger partial charge on any atom is 0.319 e. The van der Waals surface area contributed by atoms with Crippen molar-refractivity contribution in [2.75, 3.05) is 43.5 Å². The second kappa shape index (κ2) is 11.4. The first-order valence-corrected chi connectivity index (χ1v) is 16.9. The van der Waals surface area contributed by atoms with E-state index < -0.39 is 47.8 Å². The van der Waals surface area contributed by atoms with Gasteiger partial charge in [-0.3, -0.25) is 4.90 Å². The molecule has 3 atom stereocenters.